The molecule has 0 bridgehead atoms. The van der Waals surface area contributed by atoms with Gasteiger partial charge in [0.1, 0.15) is 11.6 Å². The average molecular weight is 610 g/mol. The highest BCUT2D eigenvalue weighted by molar-refractivity contribution is 7.91. The van der Waals surface area contributed by atoms with Crippen molar-refractivity contribution < 1.29 is 17.2 Å². The average Bonchev–Trinajstić information content (AvgIpc) is 3.30. The molecule has 9 heteroatoms. The molecule has 1 aromatic heterocycles. The summed E-state index contributed by atoms with van der Waals surface area (Å²) in [7, 11) is -1.83. The smallest absolute Gasteiger partial charge is 0.260 e. The first-order valence-corrected chi connectivity index (χ1v) is 16.3. The van der Waals surface area contributed by atoms with Gasteiger partial charge in [-0.15, -0.1) is 0 Å². The van der Waals surface area contributed by atoms with Gasteiger partial charge in [-0.1, -0.05) is 54.6 Å². The molecule has 0 amide bonds. The Morgan fingerprint density at radius 3 is 2.45 bits per heavy atom. The molecule has 3 aromatic carbocycles. The third-order valence-electron chi connectivity index (χ3n) is 8.58. The first-order chi connectivity index (χ1) is 21.1. The number of pyridine rings is 1. The Morgan fingerprint density at radius 2 is 1.70 bits per heavy atom. The summed E-state index contributed by atoms with van der Waals surface area (Å²) >= 11 is 0. The summed E-state index contributed by atoms with van der Waals surface area (Å²) in [5.41, 5.74) is 6.42. The van der Waals surface area contributed by atoms with Crippen molar-refractivity contribution in [2.24, 2.45) is 7.05 Å². The quantitative estimate of drug-likeness (QED) is 0.317. The van der Waals surface area contributed by atoms with Crippen LogP contribution in [-0.4, -0.2) is 37.6 Å². The second-order valence-corrected chi connectivity index (χ2v) is 13.7. The van der Waals surface area contributed by atoms with E-state index in [1.54, 1.807) is 36.5 Å². The summed E-state index contributed by atoms with van der Waals surface area (Å²) in [5.74, 6) is -1.91. The Labute approximate surface area is 254 Å². The molecule has 2 atom stereocenters. The fraction of sp³-hybridized carbons (Fsp3) is 0.171. The Balaban J connectivity index is 1.51. The first kappa shape index (κ1) is 28.0. The number of aryl methyl sites for hydroxylation is 1. The summed E-state index contributed by atoms with van der Waals surface area (Å²) in [4.78, 5) is 15.6. The van der Waals surface area contributed by atoms with Crippen LogP contribution in [0.5, 0.6) is 0 Å². The van der Waals surface area contributed by atoms with Gasteiger partial charge >= 0.3 is 0 Å². The van der Waals surface area contributed by atoms with Crippen molar-refractivity contribution in [3.05, 3.63) is 147 Å². The van der Waals surface area contributed by atoms with E-state index >= 15 is 4.39 Å². The number of fused-ring (bicyclic) bond motifs is 2. The van der Waals surface area contributed by atoms with Gasteiger partial charge in [-0.25, -0.2) is 17.2 Å². The normalized spacial score (nSPS) is 19.0. The number of sulfone groups is 1. The lowest BCUT2D eigenvalue weighted by Gasteiger charge is -2.39. The van der Waals surface area contributed by atoms with Crippen LogP contribution >= 0.6 is 0 Å². The van der Waals surface area contributed by atoms with Gasteiger partial charge in [-0.3, -0.25) is 4.79 Å². The lowest BCUT2D eigenvalue weighted by Crippen LogP contribution is -2.45. The second kappa shape index (κ2) is 10.4. The van der Waals surface area contributed by atoms with Crippen molar-refractivity contribution in [2.45, 2.75) is 12.0 Å². The van der Waals surface area contributed by atoms with Gasteiger partial charge in [0.25, 0.3) is 5.56 Å². The van der Waals surface area contributed by atoms with Gasteiger partial charge in [0, 0.05) is 49.8 Å². The molecular formula is C35H29F2N3O3S. The van der Waals surface area contributed by atoms with E-state index in [4.69, 9.17) is 0 Å². The molecule has 6 nitrogen and oxygen atoms in total. The Kier molecular flexibility index (Phi) is 6.66. The number of rotatable bonds is 5. The largest absolute Gasteiger partial charge is 0.383 e. The molecular weight excluding hydrogens is 580 g/mol. The molecule has 3 heterocycles. The van der Waals surface area contributed by atoms with Crippen LogP contribution in [0.25, 0.3) is 22.4 Å². The zero-order chi connectivity index (χ0) is 30.7. The highest BCUT2D eigenvalue weighted by Gasteiger charge is 2.45. The minimum atomic E-state index is -3.48. The van der Waals surface area contributed by atoms with Crippen LogP contribution in [0.1, 0.15) is 22.6 Å². The standard InChI is InChI=1S/C35H29F2N3O3S/c1-39-15-14-26-23(20-44(2,42)43)16-22-19-40(30-13-12-24(36)17-29(30)37)34-28(18-38-33(31(22)34)32(26)35(39)41)27-11-7-6-10-25(27)21-8-4-3-5-9-21/h3-17,19,28,34,38H,18,20H2,1-2H3. The molecule has 7 rings (SSSR count). The summed E-state index contributed by atoms with van der Waals surface area (Å²) in [6.45, 7) is 0.409. The molecule has 3 aliphatic rings. The molecule has 2 aliphatic heterocycles. The molecule has 1 aliphatic carbocycles. The maximum Gasteiger partial charge on any atom is 0.260 e. The summed E-state index contributed by atoms with van der Waals surface area (Å²) in [6.07, 6.45) is 6.38. The van der Waals surface area contributed by atoms with E-state index < -0.39 is 27.5 Å². The third kappa shape index (κ3) is 4.68. The predicted molar refractivity (Wildman–Crippen MR) is 170 cm³/mol. The first-order valence-electron chi connectivity index (χ1n) is 14.3. The van der Waals surface area contributed by atoms with Crippen LogP contribution in [0.15, 0.2) is 113 Å². The van der Waals surface area contributed by atoms with Gasteiger partial charge in [-0.2, -0.15) is 0 Å². The van der Waals surface area contributed by atoms with Crippen molar-refractivity contribution >= 4 is 26.8 Å². The van der Waals surface area contributed by atoms with Gasteiger partial charge in [0.05, 0.1) is 28.7 Å². The van der Waals surface area contributed by atoms with E-state index in [-0.39, 0.29) is 22.9 Å². The van der Waals surface area contributed by atoms with Crippen LogP contribution in [0.3, 0.4) is 0 Å². The highest BCUT2D eigenvalue weighted by atomic mass is 32.2. The Hall–Kier alpha value is -4.76. The minimum Gasteiger partial charge on any atom is -0.383 e. The summed E-state index contributed by atoms with van der Waals surface area (Å²) in [5, 5.41) is 3.55. The molecule has 1 N–H and O–H groups in total. The van der Waals surface area contributed by atoms with E-state index in [2.05, 4.69) is 17.4 Å². The lowest BCUT2D eigenvalue weighted by molar-refractivity contribution is 0.536. The third-order valence-corrected chi connectivity index (χ3v) is 9.41. The van der Waals surface area contributed by atoms with Gasteiger partial charge < -0.3 is 14.8 Å². The molecule has 0 fully saturated rings. The topological polar surface area (TPSA) is 71.4 Å². The molecule has 44 heavy (non-hydrogen) atoms. The Morgan fingerprint density at radius 1 is 0.955 bits per heavy atom. The van der Waals surface area contributed by atoms with E-state index in [1.807, 2.05) is 42.5 Å². The number of hydrogen-bond donors (Lipinski definition) is 1. The number of halogens is 2. The van der Waals surface area contributed by atoms with E-state index in [0.29, 0.717) is 34.5 Å². The number of allylic oxidation sites excluding steroid dienone is 1. The lowest BCUT2D eigenvalue weighted by atomic mass is 9.78. The molecule has 2 unspecified atom stereocenters. The number of anilines is 1. The molecule has 4 aromatic rings. The maximum absolute atomic E-state index is 15.5. The van der Waals surface area contributed by atoms with Crippen molar-refractivity contribution in [1.82, 2.24) is 9.88 Å². The maximum atomic E-state index is 15.5. The van der Waals surface area contributed by atoms with Crippen molar-refractivity contribution in [1.29, 1.82) is 0 Å². The second-order valence-electron chi connectivity index (χ2n) is 11.5. The van der Waals surface area contributed by atoms with Crippen LogP contribution in [0.2, 0.25) is 0 Å². The predicted octanol–water partition coefficient (Wildman–Crippen LogP) is 5.64. The summed E-state index contributed by atoms with van der Waals surface area (Å²) < 4.78 is 56.3. The number of hydrogen-bond acceptors (Lipinski definition) is 5. The number of benzene rings is 3. The van der Waals surface area contributed by atoms with Crippen LogP contribution in [-0.2, 0) is 16.9 Å². The van der Waals surface area contributed by atoms with Crippen LogP contribution in [0.4, 0.5) is 14.5 Å². The number of aromatic nitrogens is 1. The van der Waals surface area contributed by atoms with E-state index in [9.17, 15) is 17.6 Å². The highest BCUT2D eigenvalue weighted by Crippen LogP contribution is 2.49. The molecule has 0 saturated heterocycles. The molecule has 0 radical (unpaired) electrons. The SMILES string of the molecule is Cn1ccc2c(c1=O)C1=C3C(=CN(c4ccc(F)cc4F)C3C(c3ccccc3-c3ccccc3)CN1)C=C2CS(C)(=O)=O. The van der Waals surface area contributed by atoms with Crippen molar-refractivity contribution in [3.63, 3.8) is 0 Å². The van der Waals surface area contributed by atoms with Crippen molar-refractivity contribution in [2.75, 3.05) is 23.5 Å². The fourth-order valence-corrected chi connectivity index (χ4v) is 7.55. The van der Waals surface area contributed by atoms with Gasteiger partial charge in [0.15, 0.2) is 9.84 Å². The van der Waals surface area contributed by atoms with E-state index in [1.165, 1.54) is 16.7 Å². The summed E-state index contributed by atoms with van der Waals surface area (Å²) in [6, 6.07) is 22.9. The van der Waals surface area contributed by atoms with Gasteiger partial charge in [0.2, 0.25) is 0 Å². The van der Waals surface area contributed by atoms with Gasteiger partial charge in [-0.05, 0) is 57.7 Å². The molecule has 0 saturated carbocycles. The van der Waals surface area contributed by atoms with E-state index in [0.717, 1.165) is 34.6 Å². The monoisotopic (exact) mass is 609 g/mol. The van der Waals surface area contributed by atoms with Crippen LogP contribution in [0, 0.1) is 11.6 Å². The van der Waals surface area contributed by atoms with Crippen LogP contribution < -0.4 is 15.8 Å². The molecule has 0 spiro atoms. The number of nitrogens with one attached hydrogen (secondary N) is 1. The zero-order valence-corrected chi connectivity index (χ0v) is 24.9. The fourth-order valence-electron chi connectivity index (χ4n) is 6.75. The number of nitrogens with zero attached hydrogens (tertiary/aromatic N) is 2. The minimum absolute atomic E-state index is 0.187. The zero-order valence-electron chi connectivity index (χ0n) is 24.1. The molecule has 222 valence electrons. The Bertz CT molecular complexity index is 2100. The van der Waals surface area contributed by atoms with Crippen molar-refractivity contribution in [3.8, 4) is 11.1 Å².